The van der Waals surface area contributed by atoms with Crippen LogP contribution in [-0.4, -0.2) is 55.0 Å². The van der Waals surface area contributed by atoms with Crippen LogP contribution in [0.4, 0.5) is 4.79 Å². The molecule has 2 aromatic rings. The maximum Gasteiger partial charge on any atom is 0.407 e. The van der Waals surface area contributed by atoms with E-state index in [-0.39, 0.29) is 44.5 Å². The Balaban J connectivity index is 1.28. The second-order valence-electron chi connectivity index (χ2n) is 9.22. The smallest absolute Gasteiger partial charge is 0.407 e. The van der Waals surface area contributed by atoms with E-state index in [1.54, 1.807) is 0 Å². The maximum atomic E-state index is 12.8. The van der Waals surface area contributed by atoms with Crippen molar-refractivity contribution >= 4 is 18.0 Å². The molecule has 1 saturated carbocycles. The van der Waals surface area contributed by atoms with Gasteiger partial charge in [0.25, 0.3) is 0 Å². The topological polar surface area (TPSA) is 114 Å². The Labute approximate surface area is 205 Å². The predicted octanol–water partition coefficient (Wildman–Crippen LogP) is 3.84. The molecule has 2 aliphatic rings. The summed E-state index contributed by atoms with van der Waals surface area (Å²) in [7, 11) is 0. The van der Waals surface area contributed by atoms with E-state index in [9.17, 15) is 14.4 Å². The molecular formula is C27H32N2O6. The molecule has 0 atom stereocenters. The summed E-state index contributed by atoms with van der Waals surface area (Å²) in [6.45, 7) is 0.875. The average Bonchev–Trinajstić information content (AvgIpc) is 3.42. The zero-order valence-corrected chi connectivity index (χ0v) is 19.8. The molecule has 3 N–H and O–H groups in total. The lowest BCUT2D eigenvalue weighted by molar-refractivity contribution is -0.138. The third-order valence-corrected chi connectivity index (χ3v) is 6.80. The number of rotatable bonds is 11. The molecule has 2 aromatic carbocycles. The van der Waals surface area contributed by atoms with Gasteiger partial charge < -0.3 is 25.2 Å². The molecule has 0 unspecified atom stereocenters. The highest BCUT2D eigenvalue weighted by atomic mass is 16.5. The minimum atomic E-state index is -0.920. The van der Waals surface area contributed by atoms with Gasteiger partial charge in [0.05, 0.1) is 25.2 Å². The van der Waals surface area contributed by atoms with Crippen LogP contribution in [0, 0.1) is 0 Å². The van der Waals surface area contributed by atoms with Crippen LogP contribution < -0.4 is 10.6 Å². The molecule has 2 aliphatic carbocycles. The van der Waals surface area contributed by atoms with Crippen LogP contribution >= 0.6 is 0 Å². The summed E-state index contributed by atoms with van der Waals surface area (Å²) < 4.78 is 10.9. The lowest BCUT2D eigenvalue weighted by Gasteiger charge is -2.29. The number of carbonyl (C=O) groups is 3. The fourth-order valence-electron chi connectivity index (χ4n) is 5.14. The largest absolute Gasteiger partial charge is 0.481 e. The molecule has 0 bridgehead atoms. The molecule has 4 rings (SSSR count). The van der Waals surface area contributed by atoms with Gasteiger partial charge in [0.1, 0.15) is 6.61 Å². The highest BCUT2D eigenvalue weighted by Crippen LogP contribution is 2.44. The van der Waals surface area contributed by atoms with Crippen LogP contribution in [0.3, 0.4) is 0 Å². The number of hydrogen-bond donors (Lipinski definition) is 3. The highest BCUT2D eigenvalue weighted by molar-refractivity contribution is 5.80. The van der Waals surface area contributed by atoms with Crippen LogP contribution in [0.25, 0.3) is 11.1 Å². The first-order valence-electron chi connectivity index (χ1n) is 12.2. The van der Waals surface area contributed by atoms with Gasteiger partial charge in [-0.2, -0.15) is 0 Å². The number of benzene rings is 2. The first kappa shape index (κ1) is 24.7. The van der Waals surface area contributed by atoms with Crippen molar-refractivity contribution in [2.45, 2.75) is 50.0 Å². The number of alkyl carbamates (subject to hydrolysis) is 1. The van der Waals surface area contributed by atoms with E-state index in [0.717, 1.165) is 36.8 Å². The summed E-state index contributed by atoms with van der Waals surface area (Å²) in [5.41, 5.74) is 4.04. The van der Waals surface area contributed by atoms with Crippen molar-refractivity contribution in [1.82, 2.24) is 10.6 Å². The van der Waals surface area contributed by atoms with Gasteiger partial charge in [-0.25, -0.2) is 4.79 Å². The molecule has 0 aromatic heterocycles. The number of carboxylic acid groups (broad SMARTS) is 1. The first-order valence-corrected chi connectivity index (χ1v) is 12.2. The molecule has 8 heteroatoms. The number of ether oxygens (including phenoxy) is 2. The monoisotopic (exact) mass is 480 g/mol. The number of aliphatic carboxylic acids is 1. The van der Waals surface area contributed by atoms with E-state index >= 15 is 0 Å². The van der Waals surface area contributed by atoms with E-state index in [1.165, 1.54) is 11.1 Å². The number of fused-ring (bicyclic) bond motifs is 3. The van der Waals surface area contributed by atoms with Crippen LogP contribution in [0.2, 0.25) is 0 Å². The summed E-state index contributed by atoms with van der Waals surface area (Å²) in [4.78, 5) is 35.8. The fraction of sp³-hybridized carbons (Fsp3) is 0.444. The van der Waals surface area contributed by atoms with Gasteiger partial charge in [-0.15, -0.1) is 0 Å². The van der Waals surface area contributed by atoms with Crippen LogP contribution in [0.1, 0.15) is 55.6 Å². The zero-order chi connectivity index (χ0) is 24.7. The van der Waals surface area contributed by atoms with Crippen LogP contribution in [0.5, 0.6) is 0 Å². The van der Waals surface area contributed by atoms with Gasteiger partial charge in [-0.3, -0.25) is 9.59 Å². The van der Waals surface area contributed by atoms with Crippen molar-refractivity contribution < 1.29 is 29.0 Å². The highest BCUT2D eigenvalue weighted by Gasteiger charge is 2.38. The van der Waals surface area contributed by atoms with Crippen molar-refractivity contribution in [3.8, 4) is 11.1 Å². The second kappa shape index (κ2) is 11.4. The number of amides is 2. The molecule has 0 radical (unpaired) electrons. The standard InChI is InChI=1S/C27H32N2O6/c30-24(28-14-16-34-15-11-25(31)32)17-27(12-5-6-13-27)29-26(33)35-18-23-21-9-3-1-7-19(21)20-8-2-4-10-22(20)23/h1-4,7-10,23H,5-6,11-18H2,(H,28,30)(H,29,33)(H,31,32). The maximum absolute atomic E-state index is 12.8. The van der Waals surface area contributed by atoms with Crippen LogP contribution in [0.15, 0.2) is 48.5 Å². The third kappa shape index (κ3) is 6.19. The van der Waals surface area contributed by atoms with Crippen molar-refractivity contribution in [2.24, 2.45) is 0 Å². The average molecular weight is 481 g/mol. The molecule has 8 nitrogen and oxygen atoms in total. The summed E-state index contributed by atoms with van der Waals surface area (Å²) in [6.07, 6.45) is 2.93. The van der Waals surface area contributed by atoms with Gasteiger partial charge in [-0.1, -0.05) is 61.4 Å². The normalized spacial score (nSPS) is 15.8. The molecular weight excluding hydrogens is 448 g/mol. The zero-order valence-electron chi connectivity index (χ0n) is 19.8. The molecule has 0 saturated heterocycles. The molecule has 1 fully saturated rings. The third-order valence-electron chi connectivity index (χ3n) is 6.80. The SMILES string of the molecule is O=C(O)CCOCCNC(=O)CC1(NC(=O)OCC2c3ccccc3-c3ccccc32)CCCC1. The van der Waals surface area contributed by atoms with Gasteiger partial charge in [0, 0.05) is 18.9 Å². The van der Waals surface area contributed by atoms with Gasteiger partial charge in [-0.05, 0) is 35.1 Å². The lowest BCUT2D eigenvalue weighted by Crippen LogP contribution is -2.50. The Kier molecular flexibility index (Phi) is 8.02. The molecule has 35 heavy (non-hydrogen) atoms. The number of hydrogen-bond acceptors (Lipinski definition) is 5. The Morgan fingerprint density at radius 3 is 2.20 bits per heavy atom. The quantitative estimate of drug-likeness (QED) is 0.421. The van der Waals surface area contributed by atoms with E-state index in [1.807, 2.05) is 24.3 Å². The fourth-order valence-corrected chi connectivity index (χ4v) is 5.14. The molecule has 0 aliphatic heterocycles. The van der Waals surface area contributed by atoms with E-state index in [0.29, 0.717) is 6.54 Å². The Morgan fingerprint density at radius 1 is 0.943 bits per heavy atom. The minimum Gasteiger partial charge on any atom is -0.481 e. The summed E-state index contributed by atoms with van der Waals surface area (Å²) in [6, 6.07) is 16.4. The number of nitrogens with one attached hydrogen (secondary N) is 2. The van der Waals surface area contributed by atoms with Crippen molar-refractivity contribution in [3.05, 3.63) is 59.7 Å². The molecule has 2 amide bonds. The van der Waals surface area contributed by atoms with Crippen molar-refractivity contribution in [2.75, 3.05) is 26.4 Å². The van der Waals surface area contributed by atoms with Gasteiger partial charge >= 0.3 is 12.1 Å². The van der Waals surface area contributed by atoms with Crippen molar-refractivity contribution in [1.29, 1.82) is 0 Å². The predicted molar refractivity (Wildman–Crippen MR) is 130 cm³/mol. The summed E-state index contributed by atoms with van der Waals surface area (Å²) in [5, 5.41) is 14.4. The summed E-state index contributed by atoms with van der Waals surface area (Å²) >= 11 is 0. The summed E-state index contributed by atoms with van der Waals surface area (Å²) in [5.74, 6) is -1.11. The minimum absolute atomic E-state index is 0.0166. The molecule has 0 heterocycles. The lowest BCUT2D eigenvalue weighted by atomic mass is 9.93. The number of carboxylic acids is 1. The van der Waals surface area contributed by atoms with Crippen LogP contribution in [-0.2, 0) is 19.1 Å². The second-order valence-corrected chi connectivity index (χ2v) is 9.22. The van der Waals surface area contributed by atoms with Gasteiger partial charge in [0.15, 0.2) is 0 Å². The first-order chi connectivity index (χ1) is 17.0. The van der Waals surface area contributed by atoms with E-state index in [4.69, 9.17) is 14.6 Å². The Hall–Kier alpha value is -3.39. The molecule has 186 valence electrons. The Bertz CT molecular complexity index is 1020. The van der Waals surface area contributed by atoms with Gasteiger partial charge in [0.2, 0.25) is 5.91 Å². The molecule has 0 spiro atoms. The van der Waals surface area contributed by atoms with E-state index < -0.39 is 17.6 Å². The van der Waals surface area contributed by atoms with E-state index in [2.05, 4.69) is 34.9 Å². The Morgan fingerprint density at radius 2 is 1.57 bits per heavy atom. The number of carbonyl (C=O) groups excluding carboxylic acids is 2. The van der Waals surface area contributed by atoms with Crippen molar-refractivity contribution in [3.63, 3.8) is 0 Å².